The quantitative estimate of drug-likeness (QED) is 0.525. The van der Waals surface area contributed by atoms with Crippen LogP contribution in [0, 0.1) is 0 Å². The summed E-state index contributed by atoms with van der Waals surface area (Å²) in [7, 11) is -3.14. The molecule has 0 aliphatic rings. The number of hydrogen-bond acceptors (Lipinski definition) is 3. The lowest BCUT2D eigenvalue weighted by Gasteiger charge is -2.07. The summed E-state index contributed by atoms with van der Waals surface area (Å²) in [6, 6.07) is 22.2. The zero-order valence-corrected chi connectivity index (χ0v) is 17.0. The molecule has 0 radical (unpaired) electrons. The van der Waals surface area contributed by atoms with Crippen LogP contribution in [-0.2, 0) is 29.5 Å². The molecule has 4 rings (SSSR count). The Kier molecular flexibility index (Phi) is 4.96. The zero-order valence-electron chi connectivity index (χ0n) is 16.1. The van der Waals surface area contributed by atoms with E-state index >= 15 is 0 Å². The summed E-state index contributed by atoms with van der Waals surface area (Å²) >= 11 is 0. The van der Waals surface area contributed by atoms with Gasteiger partial charge in [-0.1, -0.05) is 36.4 Å². The molecule has 28 heavy (non-hydrogen) atoms. The van der Waals surface area contributed by atoms with Gasteiger partial charge in [-0.05, 0) is 48.4 Å². The molecule has 5 heteroatoms. The molecule has 1 aromatic heterocycles. The maximum Gasteiger partial charge on any atom is 0.175 e. The van der Waals surface area contributed by atoms with Crippen LogP contribution < -0.4 is 5.32 Å². The minimum absolute atomic E-state index is 0.356. The number of aryl methyl sites for hydroxylation is 1. The second-order valence-corrected chi connectivity index (χ2v) is 9.15. The van der Waals surface area contributed by atoms with Crippen molar-refractivity contribution in [1.29, 1.82) is 0 Å². The standard InChI is InChI=1S/C23H24N2O2S/c1-3-25-22-7-5-4-6-20(22)21-14-18(10-13-23(21)25)16-24-15-17-8-11-19(12-9-17)28(2,26)27/h4-14,24H,3,15-16H2,1-2H3. The molecule has 144 valence electrons. The van der Waals surface area contributed by atoms with E-state index in [-0.39, 0.29) is 0 Å². The third-order valence-corrected chi connectivity index (χ3v) is 6.29. The molecular weight excluding hydrogens is 368 g/mol. The number of para-hydroxylation sites is 1. The number of nitrogens with one attached hydrogen (secondary N) is 1. The molecule has 1 N–H and O–H groups in total. The third kappa shape index (κ3) is 3.55. The molecule has 0 saturated carbocycles. The fourth-order valence-corrected chi connectivity index (χ4v) is 4.39. The molecule has 0 aliphatic carbocycles. The summed E-state index contributed by atoms with van der Waals surface area (Å²) in [6.45, 7) is 4.58. The van der Waals surface area contributed by atoms with Gasteiger partial charge in [-0.3, -0.25) is 0 Å². The average molecular weight is 393 g/mol. The van der Waals surface area contributed by atoms with Gasteiger partial charge in [-0.25, -0.2) is 8.42 Å². The topological polar surface area (TPSA) is 51.1 Å². The van der Waals surface area contributed by atoms with Gasteiger partial charge in [-0.2, -0.15) is 0 Å². The number of benzene rings is 3. The first-order chi connectivity index (χ1) is 13.5. The van der Waals surface area contributed by atoms with Gasteiger partial charge in [0.05, 0.1) is 4.90 Å². The highest BCUT2D eigenvalue weighted by atomic mass is 32.2. The monoisotopic (exact) mass is 392 g/mol. The maximum atomic E-state index is 11.5. The van der Waals surface area contributed by atoms with Crippen LogP contribution in [0.5, 0.6) is 0 Å². The Hall–Kier alpha value is -2.63. The van der Waals surface area contributed by atoms with Gasteiger partial charge < -0.3 is 9.88 Å². The molecule has 0 amide bonds. The van der Waals surface area contributed by atoms with Crippen molar-refractivity contribution in [3.8, 4) is 0 Å². The fraction of sp³-hybridized carbons (Fsp3) is 0.217. The Balaban J connectivity index is 1.52. The zero-order chi connectivity index (χ0) is 19.7. The van der Waals surface area contributed by atoms with Gasteiger partial charge in [0.2, 0.25) is 0 Å². The van der Waals surface area contributed by atoms with E-state index < -0.39 is 9.84 Å². The number of sulfone groups is 1. The van der Waals surface area contributed by atoms with Crippen LogP contribution in [0.2, 0.25) is 0 Å². The van der Waals surface area contributed by atoms with Crippen molar-refractivity contribution in [2.24, 2.45) is 0 Å². The molecule has 1 heterocycles. The Labute approximate surface area is 165 Å². The molecule has 0 saturated heterocycles. The van der Waals surface area contributed by atoms with E-state index in [1.54, 1.807) is 12.1 Å². The number of aromatic nitrogens is 1. The van der Waals surface area contributed by atoms with Crippen LogP contribution in [0.3, 0.4) is 0 Å². The summed E-state index contributed by atoms with van der Waals surface area (Å²) in [5, 5.41) is 6.03. The van der Waals surface area contributed by atoms with E-state index in [1.807, 2.05) is 12.1 Å². The molecule has 0 atom stereocenters. The van der Waals surface area contributed by atoms with Crippen molar-refractivity contribution in [3.05, 3.63) is 77.9 Å². The lowest BCUT2D eigenvalue weighted by Crippen LogP contribution is -2.12. The van der Waals surface area contributed by atoms with Crippen LogP contribution in [0.15, 0.2) is 71.6 Å². The highest BCUT2D eigenvalue weighted by Gasteiger charge is 2.10. The largest absolute Gasteiger partial charge is 0.341 e. The van der Waals surface area contributed by atoms with Gasteiger partial charge in [0, 0.05) is 47.7 Å². The third-order valence-electron chi connectivity index (χ3n) is 5.16. The van der Waals surface area contributed by atoms with Gasteiger partial charge in [0.25, 0.3) is 0 Å². The van der Waals surface area contributed by atoms with E-state index in [2.05, 4.69) is 59.3 Å². The predicted octanol–water partition coefficient (Wildman–Crippen LogP) is 4.51. The normalized spacial score (nSPS) is 12.1. The molecule has 0 aliphatic heterocycles. The molecule has 3 aromatic carbocycles. The Morgan fingerprint density at radius 3 is 2.18 bits per heavy atom. The van der Waals surface area contributed by atoms with E-state index in [1.165, 1.54) is 33.6 Å². The molecular formula is C23H24N2O2S. The van der Waals surface area contributed by atoms with Crippen LogP contribution in [-0.4, -0.2) is 19.2 Å². The van der Waals surface area contributed by atoms with Crippen LogP contribution in [0.1, 0.15) is 18.1 Å². The summed E-state index contributed by atoms with van der Waals surface area (Å²) in [5.74, 6) is 0. The van der Waals surface area contributed by atoms with Crippen LogP contribution >= 0.6 is 0 Å². The van der Waals surface area contributed by atoms with Crippen molar-refractivity contribution in [1.82, 2.24) is 9.88 Å². The van der Waals surface area contributed by atoms with Crippen LogP contribution in [0.25, 0.3) is 21.8 Å². The summed E-state index contributed by atoms with van der Waals surface area (Å²) in [6.07, 6.45) is 1.23. The summed E-state index contributed by atoms with van der Waals surface area (Å²) < 4.78 is 25.5. The maximum absolute atomic E-state index is 11.5. The van der Waals surface area contributed by atoms with Crippen molar-refractivity contribution in [2.45, 2.75) is 31.5 Å². The highest BCUT2D eigenvalue weighted by Crippen LogP contribution is 2.29. The second-order valence-electron chi connectivity index (χ2n) is 7.13. The molecule has 0 bridgehead atoms. The predicted molar refractivity (Wildman–Crippen MR) is 115 cm³/mol. The van der Waals surface area contributed by atoms with E-state index in [0.29, 0.717) is 11.4 Å². The first kappa shape index (κ1) is 18.7. The van der Waals surface area contributed by atoms with Crippen molar-refractivity contribution in [2.75, 3.05) is 6.26 Å². The van der Waals surface area contributed by atoms with Crippen molar-refractivity contribution in [3.63, 3.8) is 0 Å². The van der Waals surface area contributed by atoms with Gasteiger partial charge in [0.15, 0.2) is 9.84 Å². The van der Waals surface area contributed by atoms with E-state index in [0.717, 1.165) is 18.7 Å². The lowest BCUT2D eigenvalue weighted by molar-refractivity contribution is 0.602. The lowest BCUT2D eigenvalue weighted by atomic mass is 10.1. The number of hydrogen-bond donors (Lipinski definition) is 1. The molecule has 4 aromatic rings. The van der Waals surface area contributed by atoms with Crippen LogP contribution in [0.4, 0.5) is 0 Å². The minimum Gasteiger partial charge on any atom is -0.341 e. The molecule has 0 spiro atoms. The minimum atomic E-state index is -3.14. The number of nitrogens with zero attached hydrogens (tertiary/aromatic N) is 1. The van der Waals surface area contributed by atoms with Crippen molar-refractivity contribution >= 4 is 31.6 Å². The summed E-state index contributed by atoms with van der Waals surface area (Å²) in [4.78, 5) is 0.356. The second kappa shape index (κ2) is 7.41. The number of fused-ring (bicyclic) bond motifs is 3. The average Bonchev–Trinajstić information content (AvgIpc) is 3.01. The highest BCUT2D eigenvalue weighted by molar-refractivity contribution is 7.90. The molecule has 0 fully saturated rings. The Morgan fingerprint density at radius 2 is 1.46 bits per heavy atom. The van der Waals surface area contributed by atoms with E-state index in [4.69, 9.17) is 0 Å². The van der Waals surface area contributed by atoms with Gasteiger partial charge >= 0.3 is 0 Å². The number of rotatable bonds is 6. The van der Waals surface area contributed by atoms with Gasteiger partial charge in [0.1, 0.15) is 0 Å². The first-order valence-electron chi connectivity index (χ1n) is 9.47. The first-order valence-corrected chi connectivity index (χ1v) is 11.4. The van der Waals surface area contributed by atoms with E-state index in [9.17, 15) is 8.42 Å². The Bertz CT molecular complexity index is 1240. The van der Waals surface area contributed by atoms with Crippen molar-refractivity contribution < 1.29 is 8.42 Å². The SMILES string of the molecule is CCn1c2ccccc2c2cc(CNCc3ccc(S(C)(=O)=O)cc3)ccc21. The summed E-state index contributed by atoms with van der Waals surface area (Å²) in [5.41, 5.74) is 4.84. The smallest absolute Gasteiger partial charge is 0.175 e. The molecule has 0 unspecified atom stereocenters. The fourth-order valence-electron chi connectivity index (χ4n) is 3.76. The Morgan fingerprint density at radius 1 is 0.821 bits per heavy atom. The molecule has 4 nitrogen and oxygen atoms in total. The van der Waals surface area contributed by atoms with Gasteiger partial charge in [-0.15, -0.1) is 0 Å².